The number of rotatable bonds is 5. The maximum atomic E-state index is 13.2. The van der Waals surface area contributed by atoms with E-state index in [2.05, 4.69) is 42.4 Å². The second kappa shape index (κ2) is 6.30. The van der Waals surface area contributed by atoms with Crippen molar-refractivity contribution in [2.45, 2.75) is 43.7 Å². The van der Waals surface area contributed by atoms with Crippen LogP contribution < -0.4 is 10.1 Å². The first kappa shape index (κ1) is 18.1. The third kappa shape index (κ3) is 2.54. The van der Waals surface area contributed by atoms with Gasteiger partial charge in [-0.2, -0.15) is 0 Å². The predicted octanol–water partition coefficient (Wildman–Crippen LogP) is 3.55. The Morgan fingerprint density at radius 2 is 2.00 bits per heavy atom. The Hall–Kier alpha value is -1.91. The number of likely N-dealkylation sites (tertiary alicyclic amines) is 1. The highest BCUT2D eigenvalue weighted by molar-refractivity contribution is 5.49. The van der Waals surface area contributed by atoms with Crippen LogP contribution in [0.5, 0.6) is 5.75 Å². The van der Waals surface area contributed by atoms with E-state index < -0.39 is 0 Å². The van der Waals surface area contributed by atoms with Crippen LogP contribution in [0.15, 0.2) is 42.5 Å². The molecule has 5 rings (SSSR count). The number of hydrogen-bond donors (Lipinski definition) is 1. The molecule has 4 atom stereocenters. The quantitative estimate of drug-likeness (QED) is 0.859. The summed E-state index contributed by atoms with van der Waals surface area (Å²) < 4.78 is 18.7. The Kier molecular flexibility index (Phi) is 4.08. The Bertz CT molecular complexity index is 898. The Balaban J connectivity index is 1.42. The van der Waals surface area contributed by atoms with Crippen molar-refractivity contribution in [1.29, 1.82) is 0 Å². The molecule has 0 amide bonds. The lowest BCUT2D eigenvalue weighted by Crippen LogP contribution is -2.66. The number of ether oxygens (including phenoxy) is 1. The standard InChI is InChI=1S/C24H29FN2O/c1-23-14-24(13-17-6-9-19(28-3)12-20(17)23)15-27(2)22(24)21(23)26-11-10-16-4-7-18(25)8-5-16/h4-9,12,21-22,26H,10-11,13-15H2,1-3H3/t21?,22?,23-,24?/m1/s1. The fourth-order valence-corrected chi connectivity index (χ4v) is 6.60. The third-order valence-corrected chi connectivity index (χ3v) is 7.55. The van der Waals surface area contributed by atoms with Gasteiger partial charge in [0, 0.05) is 29.5 Å². The van der Waals surface area contributed by atoms with E-state index in [0.29, 0.717) is 17.5 Å². The average Bonchev–Trinajstić information content (AvgIpc) is 2.84. The maximum absolute atomic E-state index is 13.2. The van der Waals surface area contributed by atoms with E-state index in [4.69, 9.17) is 4.74 Å². The highest BCUT2D eigenvalue weighted by Crippen LogP contribution is 2.63. The van der Waals surface area contributed by atoms with Gasteiger partial charge in [0.1, 0.15) is 11.6 Å². The number of nitrogens with one attached hydrogen (secondary N) is 1. The molecule has 2 aliphatic carbocycles. The second-order valence-corrected chi connectivity index (χ2v) is 9.32. The third-order valence-electron chi connectivity index (χ3n) is 7.55. The summed E-state index contributed by atoms with van der Waals surface area (Å²) in [5.41, 5.74) is 4.65. The molecule has 2 bridgehead atoms. The van der Waals surface area contributed by atoms with Crippen molar-refractivity contribution in [2.24, 2.45) is 5.41 Å². The van der Waals surface area contributed by atoms with Crippen molar-refractivity contribution in [3.8, 4) is 5.75 Å². The van der Waals surface area contributed by atoms with Crippen LogP contribution in [0.4, 0.5) is 4.39 Å². The average molecular weight is 381 g/mol. The summed E-state index contributed by atoms with van der Waals surface area (Å²) >= 11 is 0. The molecule has 1 spiro atoms. The van der Waals surface area contributed by atoms with E-state index in [-0.39, 0.29) is 11.2 Å². The highest BCUT2D eigenvalue weighted by Gasteiger charge is 2.68. The lowest BCUT2D eigenvalue weighted by molar-refractivity contribution is -0.0419. The van der Waals surface area contributed by atoms with Gasteiger partial charge in [-0.1, -0.05) is 25.1 Å². The van der Waals surface area contributed by atoms with Gasteiger partial charge < -0.3 is 15.0 Å². The SMILES string of the molecule is COc1ccc2c(c1)[C@@]1(C)CC3(C2)CN(C)C3C1NCCc1ccc(F)cc1. The van der Waals surface area contributed by atoms with Crippen molar-refractivity contribution in [1.82, 2.24) is 10.2 Å². The van der Waals surface area contributed by atoms with Gasteiger partial charge in [0.15, 0.2) is 0 Å². The fraction of sp³-hybridized carbons (Fsp3) is 0.500. The van der Waals surface area contributed by atoms with Crippen molar-refractivity contribution < 1.29 is 9.13 Å². The molecule has 2 aromatic carbocycles. The summed E-state index contributed by atoms with van der Waals surface area (Å²) in [5.74, 6) is 0.783. The molecule has 3 aliphatic rings. The summed E-state index contributed by atoms with van der Waals surface area (Å²) in [6, 6.07) is 14.5. The van der Waals surface area contributed by atoms with Crippen molar-refractivity contribution in [3.63, 3.8) is 0 Å². The van der Waals surface area contributed by atoms with E-state index in [9.17, 15) is 4.39 Å². The number of halogens is 1. The van der Waals surface area contributed by atoms with Crippen LogP contribution in [0.3, 0.4) is 0 Å². The van der Waals surface area contributed by atoms with Crippen molar-refractivity contribution in [2.75, 3.05) is 27.2 Å². The molecule has 1 saturated carbocycles. The van der Waals surface area contributed by atoms with Crippen LogP contribution in [0.2, 0.25) is 0 Å². The molecular weight excluding hydrogens is 351 g/mol. The first-order chi connectivity index (χ1) is 13.4. The van der Waals surface area contributed by atoms with Crippen LogP contribution in [-0.2, 0) is 18.3 Å². The van der Waals surface area contributed by atoms with Crippen molar-refractivity contribution in [3.05, 3.63) is 65.0 Å². The predicted molar refractivity (Wildman–Crippen MR) is 109 cm³/mol. The summed E-state index contributed by atoms with van der Waals surface area (Å²) in [5, 5.41) is 3.92. The molecule has 28 heavy (non-hydrogen) atoms. The number of hydrogen-bond acceptors (Lipinski definition) is 3. The largest absolute Gasteiger partial charge is 0.497 e. The van der Waals surface area contributed by atoms with Gasteiger partial charge in [-0.05, 0) is 73.8 Å². The zero-order valence-electron chi connectivity index (χ0n) is 17.0. The summed E-state index contributed by atoms with van der Waals surface area (Å²) in [6.45, 7) is 4.54. The Morgan fingerprint density at radius 1 is 1.21 bits per heavy atom. The van der Waals surface area contributed by atoms with E-state index in [0.717, 1.165) is 18.7 Å². The van der Waals surface area contributed by atoms with Gasteiger partial charge >= 0.3 is 0 Å². The minimum Gasteiger partial charge on any atom is -0.497 e. The molecule has 1 saturated heterocycles. The molecule has 0 radical (unpaired) electrons. The van der Waals surface area contributed by atoms with E-state index in [1.54, 1.807) is 19.2 Å². The smallest absolute Gasteiger partial charge is 0.123 e. The van der Waals surface area contributed by atoms with Gasteiger partial charge in [0.05, 0.1) is 7.11 Å². The first-order valence-corrected chi connectivity index (χ1v) is 10.3. The lowest BCUT2D eigenvalue weighted by atomic mass is 9.63. The van der Waals surface area contributed by atoms with Crippen LogP contribution in [0, 0.1) is 11.2 Å². The van der Waals surface area contributed by atoms with Gasteiger partial charge in [-0.25, -0.2) is 4.39 Å². The molecule has 0 aromatic heterocycles. The summed E-state index contributed by atoms with van der Waals surface area (Å²) in [6.07, 6.45) is 3.33. The molecule has 1 aliphatic heterocycles. The van der Waals surface area contributed by atoms with Crippen molar-refractivity contribution >= 4 is 0 Å². The Morgan fingerprint density at radius 3 is 2.71 bits per heavy atom. The number of methoxy groups -OCH3 is 1. The van der Waals surface area contributed by atoms with Crippen LogP contribution >= 0.6 is 0 Å². The minimum atomic E-state index is -0.169. The fourth-order valence-electron chi connectivity index (χ4n) is 6.60. The topological polar surface area (TPSA) is 24.5 Å². The highest BCUT2D eigenvalue weighted by atomic mass is 19.1. The normalized spacial score (nSPS) is 33.1. The monoisotopic (exact) mass is 380 g/mol. The molecule has 3 nitrogen and oxygen atoms in total. The molecule has 2 aromatic rings. The molecule has 1 N–H and O–H groups in total. The molecular formula is C24H29FN2O. The number of benzene rings is 2. The van der Waals surface area contributed by atoms with Crippen LogP contribution in [0.1, 0.15) is 30.0 Å². The lowest BCUT2D eigenvalue weighted by Gasteiger charge is -2.55. The zero-order valence-corrected chi connectivity index (χ0v) is 17.0. The number of likely N-dealkylation sites (N-methyl/N-ethyl adjacent to an activating group) is 1. The van der Waals surface area contributed by atoms with E-state index in [1.807, 2.05) is 12.1 Å². The first-order valence-electron chi connectivity index (χ1n) is 10.3. The zero-order chi connectivity index (χ0) is 19.5. The summed E-state index contributed by atoms with van der Waals surface area (Å²) in [7, 11) is 4.01. The van der Waals surface area contributed by atoms with Gasteiger partial charge in [0.2, 0.25) is 0 Å². The van der Waals surface area contributed by atoms with Crippen LogP contribution in [0.25, 0.3) is 0 Å². The number of fused-ring (bicyclic) bond motifs is 3. The second-order valence-electron chi connectivity index (χ2n) is 9.32. The molecule has 148 valence electrons. The molecule has 4 heteroatoms. The van der Waals surface area contributed by atoms with E-state index in [1.165, 1.54) is 36.1 Å². The summed E-state index contributed by atoms with van der Waals surface area (Å²) in [4.78, 5) is 2.53. The van der Waals surface area contributed by atoms with Gasteiger partial charge in [0.25, 0.3) is 0 Å². The molecule has 2 fully saturated rings. The van der Waals surface area contributed by atoms with Crippen LogP contribution in [-0.4, -0.2) is 44.2 Å². The number of nitrogens with zero attached hydrogens (tertiary/aromatic N) is 1. The Labute approximate surface area is 166 Å². The van der Waals surface area contributed by atoms with E-state index >= 15 is 0 Å². The van der Waals surface area contributed by atoms with Gasteiger partial charge in [-0.15, -0.1) is 0 Å². The molecule has 1 heterocycles. The molecule has 3 unspecified atom stereocenters. The van der Waals surface area contributed by atoms with Gasteiger partial charge in [-0.3, -0.25) is 0 Å². The minimum absolute atomic E-state index is 0.111. The maximum Gasteiger partial charge on any atom is 0.123 e.